The normalized spacial score (nSPS) is 13.5. The van der Waals surface area contributed by atoms with Crippen LogP contribution in [0.25, 0.3) is 11.0 Å². The second-order valence-corrected chi connectivity index (χ2v) is 8.97. The van der Waals surface area contributed by atoms with Crippen molar-refractivity contribution in [2.24, 2.45) is 0 Å². The monoisotopic (exact) mass is 470 g/mol. The average Bonchev–Trinajstić information content (AvgIpc) is 3.13. The highest BCUT2D eigenvalue weighted by Crippen LogP contribution is 2.37. The lowest BCUT2D eigenvalue weighted by molar-refractivity contribution is 0.0526. The SMILES string of the molecule is CCCOc1ccc2cc(C(=O)Nc3sc4c(c3C(=O)OCC)CCN(C)C4)c(=O)oc2c1. The van der Waals surface area contributed by atoms with Gasteiger partial charge in [0.2, 0.25) is 0 Å². The zero-order chi connectivity index (χ0) is 23.5. The van der Waals surface area contributed by atoms with E-state index >= 15 is 0 Å². The van der Waals surface area contributed by atoms with Crippen LogP contribution in [-0.2, 0) is 17.7 Å². The van der Waals surface area contributed by atoms with Crippen LogP contribution in [0.15, 0.2) is 33.5 Å². The molecule has 0 atom stereocenters. The summed E-state index contributed by atoms with van der Waals surface area (Å²) in [7, 11) is 2.00. The molecule has 174 valence electrons. The van der Waals surface area contributed by atoms with Crippen molar-refractivity contribution in [3.63, 3.8) is 0 Å². The Morgan fingerprint density at radius 2 is 2.06 bits per heavy atom. The first kappa shape index (κ1) is 23.0. The van der Waals surface area contributed by atoms with Gasteiger partial charge in [0.05, 0.1) is 18.8 Å². The first-order chi connectivity index (χ1) is 15.9. The van der Waals surface area contributed by atoms with Crippen LogP contribution in [0.5, 0.6) is 5.75 Å². The number of anilines is 1. The summed E-state index contributed by atoms with van der Waals surface area (Å²) in [4.78, 5) is 41.5. The quantitative estimate of drug-likeness (QED) is 0.411. The predicted octanol–water partition coefficient (Wildman–Crippen LogP) is 4.06. The summed E-state index contributed by atoms with van der Waals surface area (Å²) in [5.74, 6) is -0.507. The fourth-order valence-corrected chi connectivity index (χ4v) is 5.08. The highest BCUT2D eigenvalue weighted by molar-refractivity contribution is 7.17. The number of benzene rings is 1. The number of rotatable bonds is 7. The van der Waals surface area contributed by atoms with Gasteiger partial charge in [-0.05, 0) is 50.6 Å². The van der Waals surface area contributed by atoms with Gasteiger partial charge in [-0.2, -0.15) is 0 Å². The van der Waals surface area contributed by atoms with Crippen molar-refractivity contribution in [3.8, 4) is 5.75 Å². The molecule has 2 aromatic heterocycles. The maximum absolute atomic E-state index is 13.0. The second kappa shape index (κ2) is 9.76. The van der Waals surface area contributed by atoms with Crippen LogP contribution >= 0.6 is 11.3 Å². The number of nitrogens with zero attached hydrogens (tertiary/aromatic N) is 1. The van der Waals surface area contributed by atoms with E-state index in [2.05, 4.69) is 10.2 Å². The number of ether oxygens (including phenoxy) is 2. The lowest BCUT2D eigenvalue weighted by Crippen LogP contribution is -2.26. The molecule has 0 aliphatic carbocycles. The van der Waals surface area contributed by atoms with Crippen molar-refractivity contribution < 1.29 is 23.5 Å². The number of amides is 1. The summed E-state index contributed by atoms with van der Waals surface area (Å²) in [5, 5.41) is 3.75. The van der Waals surface area contributed by atoms with E-state index in [0.717, 1.165) is 23.4 Å². The lowest BCUT2D eigenvalue weighted by atomic mass is 10.0. The van der Waals surface area contributed by atoms with Crippen LogP contribution in [0, 0.1) is 0 Å². The van der Waals surface area contributed by atoms with E-state index in [1.54, 1.807) is 25.1 Å². The second-order valence-electron chi connectivity index (χ2n) is 7.87. The van der Waals surface area contributed by atoms with Gasteiger partial charge < -0.3 is 24.1 Å². The number of carbonyl (C=O) groups is 2. The third kappa shape index (κ3) is 4.79. The summed E-state index contributed by atoms with van der Waals surface area (Å²) in [6, 6.07) is 6.63. The van der Waals surface area contributed by atoms with Crippen LogP contribution in [0.1, 0.15) is 51.4 Å². The Hall–Kier alpha value is -3.17. The molecule has 1 amide bonds. The van der Waals surface area contributed by atoms with E-state index in [9.17, 15) is 14.4 Å². The van der Waals surface area contributed by atoms with Gasteiger partial charge in [0, 0.05) is 29.4 Å². The van der Waals surface area contributed by atoms with Crippen molar-refractivity contribution in [1.82, 2.24) is 4.90 Å². The van der Waals surface area contributed by atoms with E-state index < -0.39 is 17.5 Å². The molecule has 33 heavy (non-hydrogen) atoms. The number of esters is 1. The Bertz CT molecular complexity index is 1260. The highest BCUT2D eigenvalue weighted by atomic mass is 32.1. The number of nitrogens with one attached hydrogen (secondary N) is 1. The number of thiophene rings is 1. The Morgan fingerprint density at radius 1 is 1.24 bits per heavy atom. The third-order valence-electron chi connectivity index (χ3n) is 5.38. The van der Waals surface area contributed by atoms with Gasteiger partial charge in [-0.3, -0.25) is 4.79 Å². The van der Waals surface area contributed by atoms with Gasteiger partial charge >= 0.3 is 11.6 Å². The average molecular weight is 471 g/mol. The molecule has 0 saturated carbocycles. The predicted molar refractivity (Wildman–Crippen MR) is 127 cm³/mol. The lowest BCUT2D eigenvalue weighted by Gasteiger charge is -2.22. The van der Waals surface area contributed by atoms with E-state index in [4.69, 9.17) is 13.9 Å². The van der Waals surface area contributed by atoms with Crippen LogP contribution in [0.3, 0.4) is 0 Å². The number of carbonyl (C=O) groups excluding carboxylic acids is 2. The largest absolute Gasteiger partial charge is 0.493 e. The zero-order valence-corrected chi connectivity index (χ0v) is 19.7. The van der Waals surface area contributed by atoms with Gasteiger partial charge in [-0.15, -0.1) is 11.3 Å². The molecule has 0 radical (unpaired) electrons. The Kier molecular flexibility index (Phi) is 6.80. The summed E-state index contributed by atoms with van der Waals surface area (Å²) in [6.45, 7) is 6.02. The third-order valence-corrected chi connectivity index (χ3v) is 6.51. The molecule has 8 nitrogen and oxygen atoms in total. The summed E-state index contributed by atoms with van der Waals surface area (Å²) >= 11 is 1.34. The van der Waals surface area contributed by atoms with Crippen LogP contribution in [0.4, 0.5) is 5.00 Å². The molecule has 3 aromatic rings. The van der Waals surface area contributed by atoms with Crippen molar-refractivity contribution in [3.05, 3.63) is 56.3 Å². The molecule has 0 saturated heterocycles. The minimum atomic E-state index is -0.758. The van der Waals surface area contributed by atoms with Gasteiger partial charge in [0.15, 0.2) is 0 Å². The standard InChI is InChI=1S/C24H26N2O6S/c1-4-10-31-15-7-6-14-11-17(23(28)32-18(14)12-15)21(27)25-22-20(24(29)30-5-2)16-8-9-26(3)13-19(16)33-22/h6-7,11-12H,4-5,8-10,13H2,1-3H3,(H,25,27). The first-order valence-electron chi connectivity index (χ1n) is 10.9. The van der Waals surface area contributed by atoms with E-state index in [-0.39, 0.29) is 12.2 Å². The van der Waals surface area contributed by atoms with Gasteiger partial charge in [0.1, 0.15) is 21.9 Å². The molecule has 1 N–H and O–H groups in total. The zero-order valence-electron chi connectivity index (χ0n) is 18.9. The number of fused-ring (bicyclic) bond motifs is 2. The number of hydrogen-bond acceptors (Lipinski definition) is 8. The summed E-state index contributed by atoms with van der Waals surface area (Å²) in [5.41, 5.74) is 0.722. The molecular weight excluding hydrogens is 444 g/mol. The molecule has 1 aliphatic rings. The molecule has 0 unspecified atom stereocenters. The molecular formula is C24H26N2O6S. The van der Waals surface area contributed by atoms with Gasteiger partial charge in [-0.1, -0.05) is 6.92 Å². The van der Waals surface area contributed by atoms with Crippen molar-refractivity contribution in [1.29, 1.82) is 0 Å². The molecule has 0 spiro atoms. The fourth-order valence-electron chi connectivity index (χ4n) is 3.77. The Labute approximate surface area is 195 Å². The summed E-state index contributed by atoms with van der Waals surface area (Å²) < 4.78 is 16.2. The van der Waals surface area contributed by atoms with Crippen molar-refractivity contribution in [2.45, 2.75) is 33.2 Å². The molecule has 3 heterocycles. The van der Waals surface area contributed by atoms with Gasteiger partial charge in [0.25, 0.3) is 5.91 Å². The molecule has 9 heteroatoms. The molecule has 1 aromatic carbocycles. The van der Waals surface area contributed by atoms with E-state index in [0.29, 0.717) is 46.9 Å². The molecule has 4 rings (SSSR count). The number of likely N-dealkylation sites (N-methyl/N-ethyl adjacent to an activating group) is 1. The molecule has 0 fully saturated rings. The smallest absolute Gasteiger partial charge is 0.349 e. The van der Waals surface area contributed by atoms with Crippen LogP contribution in [0.2, 0.25) is 0 Å². The molecule has 0 bridgehead atoms. The first-order valence-corrected chi connectivity index (χ1v) is 11.7. The Balaban J connectivity index is 1.66. The number of hydrogen-bond donors (Lipinski definition) is 1. The summed E-state index contributed by atoms with van der Waals surface area (Å²) in [6.07, 6.45) is 1.55. The fraction of sp³-hybridized carbons (Fsp3) is 0.375. The van der Waals surface area contributed by atoms with E-state index in [1.807, 2.05) is 14.0 Å². The van der Waals surface area contributed by atoms with Crippen LogP contribution < -0.4 is 15.7 Å². The topological polar surface area (TPSA) is 98.1 Å². The minimum absolute atomic E-state index is 0.136. The minimum Gasteiger partial charge on any atom is -0.493 e. The maximum atomic E-state index is 13.0. The molecule has 1 aliphatic heterocycles. The van der Waals surface area contributed by atoms with Crippen molar-refractivity contribution in [2.75, 3.05) is 32.1 Å². The Morgan fingerprint density at radius 3 is 2.82 bits per heavy atom. The van der Waals surface area contributed by atoms with Crippen molar-refractivity contribution >= 4 is 39.2 Å². The van der Waals surface area contributed by atoms with Crippen LogP contribution in [-0.4, -0.2) is 43.6 Å². The van der Waals surface area contributed by atoms with E-state index in [1.165, 1.54) is 17.4 Å². The van der Waals surface area contributed by atoms with Gasteiger partial charge in [-0.25, -0.2) is 9.59 Å². The highest BCUT2D eigenvalue weighted by Gasteiger charge is 2.29. The maximum Gasteiger partial charge on any atom is 0.349 e.